The minimum absolute atomic E-state index is 0.124. The molecular formula is C8H8Cl4N2. The summed E-state index contributed by atoms with van der Waals surface area (Å²) in [6.45, 7) is 2.03. The van der Waals surface area contributed by atoms with Crippen LogP contribution in [0.3, 0.4) is 0 Å². The van der Waals surface area contributed by atoms with Gasteiger partial charge in [-0.15, -0.1) is 0 Å². The van der Waals surface area contributed by atoms with E-state index in [0.717, 1.165) is 18.5 Å². The number of hydrogen-bond acceptors (Lipinski definition) is 2. The molecule has 1 aromatic rings. The topological polar surface area (TPSA) is 25.8 Å². The first-order valence-electron chi connectivity index (χ1n) is 4.04. The molecule has 0 bridgehead atoms. The Morgan fingerprint density at radius 2 is 1.93 bits per heavy atom. The third-order valence-corrected chi connectivity index (χ3v) is 2.21. The molecule has 14 heavy (non-hydrogen) atoms. The molecule has 1 aromatic heterocycles. The molecule has 0 unspecified atom stereocenters. The van der Waals surface area contributed by atoms with Crippen LogP contribution in [0.25, 0.3) is 0 Å². The van der Waals surface area contributed by atoms with E-state index < -0.39 is 3.79 Å². The third kappa shape index (κ3) is 3.43. The predicted octanol–water partition coefficient (Wildman–Crippen LogP) is 3.91. The molecule has 0 aromatic carbocycles. The monoisotopic (exact) mass is 272 g/mol. The van der Waals surface area contributed by atoms with Gasteiger partial charge in [0.05, 0.1) is 0 Å². The Hall–Kier alpha value is 0.240. The Labute approximate surface area is 103 Å². The fraction of sp³-hybridized carbons (Fsp3) is 0.500. The first-order chi connectivity index (χ1) is 6.43. The molecule has 0 aliphatic heterocycles. The number of aryl methyl sites for hydroxylation is 1. The fourth-order valence-corrected chi connectivity index (χ4v) is 1.43. The quantitative estimate of drug-likeness (QED) is 0.603. The first-order valence-corrected chi connectivity index (χ1v) is 5.55. The molecule has 0 atom stereocenters. The maximum Gasteiger partial charge on any atom is 0.250 e. The molecule has 78 valence electrons. The minimum atomic E-state index is -1.62. The molecular weight excluding hydrogens is 266 g/mol. The van der Waals surface area contributed by atoms with E-state index in [4.69, 9.17) is 46.4 Å². The van der Waals surface area contributed by atoms with Crippen LogP contribution in [-0.4, -0.2) is 9.97 Å². The van der Waals surface area contributed by atoms with Crippen LogP contribution in [0.2, 0.25) is 5.15 Å². The van der Waals surface area contributed by atoms with Crippen molar-refractivity contribution < 1.29 is 0 Å². The lowest BCUT2D eigenvalue weighted by molar-refractivity contribution is 0.840. The average molecular weight is 274 g/mol. The zero-order chi connectivity index (χ0) is 10.8. The highest BCUT2D eigenvalue weighted by molar-refractivity contribution is 6.66. The highest BCUT2D eigenvalue weighted by Crippen LogP contribution is 2.36. The zero-order valence-corrected chi connectivity index (χ0v) is 10.4. The Morgan fingerprint density at radius 3 is 2.43 bits per heavy atom. The van der Waals surface area contributed by atoms with Gasteiger partial charge in [-0.2, -0.15) is 0 Å². The molecule has 0 aliphatic carbocycles. The third-order valence-electron chi connectivity index (χ3n) is 1.51. The average Bonchev–Trinajstić information content (AvgIpc) is 2.02. The number of halogens is 4. The lowest BCUT2D eigenvalue weighted by Crippen LogP contribution is -2.09. The van der Waals surface area contributed by atoms with Gasteiger partial charge in [0.25, 0.3) is 0 Å². The van der Waals surface area contributed by atoms with E-state index in [9.17, 15) is 0 Å². The SMILES string of the molecule is CCCc1cc(Cl)nc(C(Cl)(Cl)Cl)n1. The summed E-state index contributed by atoms with van der Waals surface area (Å²) < 4.78 is -1.62. The number of alkyl halides is 3. The standard InChI is InChI=1S/C8H8Cl4N2/c1-2-3-5-4-6(9)14-7(13-5)8(10,11)12/h4H,2-3H2,1H3. The summed E-state index contributed by atoms with van der Waals surface area (Å²) in [5, 5.41) is 0.296. The highest BCUT2D eigenvalue weighted by Gasteiger charge is 2.27. The van der Waals surface area contributed by atoms with Crippen molar-refractivity contribution in [2.24, 2.45) is 0 Å². The van der Waals surface area contributed by atoms with Crippen LogP contribution < -0.4 is 0 Å². The first kappa shape index (κ1) is 12.3. The normalized spacial score (nSPS) is 11.8. The second-order valence-electron chi connectivity index (χ2n) is 2.75. The highest BCUT2D eigenvalue weighted by atomic mass is 35.6. The maximum absolute atomic E-state index is 5.76. The van der Waals surface area contributed by atoms with Gasteiger partial charge in [-0.3, -0.25) is 0 Å². The second-order valence-corrected chi connectivity index (χ2v) is 5.42. The van der Waals surface area contributed by atoms with Crippen molar-refractivity contribution in [3.8, 4) is 0 Å². The molecule has 1 heterocycles. The van der Waals surface area contributed by atoms with Gasteiger partial charge in [0.15, 0.2) is 5.82 Å². The van der Waals surface area contributed by atoms with Gasteiger partial charge in [-0.1, -0.05) is 59.7 Å². The van der Waals surface area contributed by atoms with Crippen molar-refractivity contribution in [3.63, 3.8) is 0 Å². The Morgan fingerprint density at radius 1 is 1.29 bits per heavy atom. The largest absolute Gasteiger partial charge is 0.250 e. The van der Waals surface area contributed by atoms with Crippen LogP contribution in [-0.2, 0) is 10.2 Å². The van der Waals surface area contributed by atoms with E-state index in [0.29, 0.717) is 5.15 Å². The van der Waals surface area contributed by atoms with Crippen LogP contribution >= 0.6 is 46.4 Å². The van der Waals surface area contributed by atoms with E-state index in [-0.39, 0.29) is 5.82 Å². The van der Waals surface area contributed by atoms with Gasteiger partial charge in [0.1, 0.15) is 5.15 Å². The van der Waals surface area contributed by atoms with E-state index in [1.165, 1.54) is 0 Å². The number of nitrogens with zero attached hydrogens (tertiary/aromatic N) is 2. The summed E-state index contributed by atoms with van der Waals surface area (Å²) >= 11 is 22.7. The Balaban J connectivity index is 3.07. The van der Waals surface area contributed by atoms with E-state index >= 15 is 0 Å². The Bertz CT molecular complexity index is 322. The van der Waals surface area contributed by atoms with Crippen molar-refractivity contribution in [2.45, 2.75) is 23.6 Å². The van der Waals surface area contributed by atoms with Crippen molar-refractivity contribution >= 4 is 46.4 Å². The molecule has 0 amide bonds. The molecule has 0 saturated heterocycles. The summed E-state index contributed by atoms with van der Waals surface area (Å²) in [4.78, 5) is 7.95. The van der Waals surface area contributed by atoms with Gasteiger partial charge < -0.3 is 0 Å². The van der Waals surface area contributed by atoms with Crippen LogP contribution in [0.4, 0.5) is 0 Å². The molecule has 2 nitrogen and oxygen atoms in total. The van der Waals surface area contributed by atoms with Gasteiger partial charge in [0.2, 0.25) is 3.79 Å². The lowest BCUT2D eigenvalue weighted by atomic mass is 10.2. The van der Waals surface area contributed by atoms with E-state index in [1.807, 2.05) is 6.92 Å². The number of aromatic nitrogens is 2. The molecule has 0 aliphatic rings. The van der Waals surface area contributed by atoms with Crippen LogP contribution in [0.5, 0.6) is 0 Å². The molecule has 0 spiro atoms. The second kappa shape index (κ2) is 4.84. The van der Waals surface area contributed by atoms with Gasteiger partial charge in [-0.25, -0.2) is 9.97 Å². The van der Waals surface area contributed by atoms with E-state index in [1.54, 1.807) is 6.07 Å². The summed E-state index contributed by atoms with van der Waals surface area (Å²) in [6, 6.07) is 1.67. The molecule has 0 fully saturated rings. The summed E-state index contributed by atoms with van der Waals surface area (Å²) in [6.07, 6.45) is 1.74. The fourth-order valence-electron chi connectivity index (χ4n) is 0.975. The molecule has 1 rings (SSSR count). The number of rotatable bonds is 2. The van der Waals surface area contributed by atoms with Gasteiger partial charge in [0, 0.05) is 5.69 Å². The van der Waals surface area contributed by atoms with Crippen molar-refractivity contribution in [1.82, 2.24) is 9.97 Å². The van der Waals surface area contributed by atoms with Crippen molar-refractivity contribution in [3.05, 3.63) is 22.7 Å². The van der Waals surface area contributed by atoms with Gasteiger partial charge >= 0.3 is 0 Å². The predicted molar refractivity (Wildman–Crippen MR) is 60.3 cm³/mol. The van der Waals surface area contributed by atoms with Gasteiger partial charge in [-0.05, 0) is 12.5 Å². The molecule has 0 saturated carbocycles. The van der Waals surface area contributed by atoms with Crippen LogP contribution in [0, 0.1) is 0 Å². The summed E-state index contributed by atoms with van der Waals surface area (Å²) in [5.41, 5.74) is 0.786. The van der Waals surface area contributed by atoms with Crippen LogP contribution in [0.15, 0.2) is 6.07 Å². The maximum atomic E-state index is 5.76. The molecule has 0 N–H and O–H groups in total. The number of hydrogen-bond donors (Lipinski definition) is 0. The van der Waals surface area contributed by atoms with Crippen molar-refractivity contribution in [1.29, 1.82) is 0 Å². The zero-order valence-electron chi connectivity index (χ0n) is 7.40. The minimum Gasteiger partial charge on any atom is -0.234 e. The van der Waals surface area contributed by atoms with E-state index in [2.05, 4.69) is 9.97 Å². The Kier molecular flexibility index (Phi) is 4.26. The molecule has 6 heteroatoms. The van der Waals surface area contributed by atoms with Crippen molar-refractivity contribution in [2.75, 3.05) is 0 Å². The molecule has 0 radical (unpaired) electrons. The lowest BCUT2D eigenvalue weighted by Gasteiger charge is -2.10. The summed E-state index contributed by atoms with van der Waals surface area (Å²) in [5.74, 6) is 0.124. The van der Waals surface area contributed by atoms with Crippen LogP contribution in [0.1, 0.15) is 24.9 Å². The summed E-state index contributed by atoms with van der Waals surface area (Å²) in [7, 11) is 0. The smallest absolute Gasteiger partial charge is 0.234 e.